The lowest BCUT2D eigenvalue weighted by molar-refractivity contribution is 0.178. The molecule has 0 unspecified atom stereocenters. The topological polar surface area (TPSA) is 55.6 Å². The monoisotopic (exact) mass is 335 g/mol. The number of anilines is 1. The van der Waals surface area contributed by atoms with E-state index in [1.807, 2.05) is 41.2 Å². The fraction of sp³-hybridized carbons (Fsp3) is 0.450. The van der Waals surface area contributed by atoms with E-state index in [1.54, 1.807) is 6.33 Å². The lowest BCUT2D eigenvalue weighted by Crippen LogP contribution is -2.35. The van der Waals surface area contributed by atoms with Gasteiger partial charge in [-0.05, 0) is 42.7 Å². The zero-order chi connectivity index (χ0) is 17.4. The molecule has 0 spiro atoms. The first-order chi connectivity index (χ1) is 12.0. The number of rotatable bonds is 3. The molecule has 4 rings (SSSR count). The Morgan fingerprint density at radius 3 is 2.68 bits per heavy atom. The van der Waals surface area contributed by atoms with Crippen molar-refractivity contribution in [1.29, 1.82) is 0 Å². The highest BCUT2D eigenvalue weighted by atomic mass is 15.3. The third-order valence-corrected chi connectivity index (χ3v) is 5.09. The quantitative estimate of drug-likeness (QED) is 0.768. The molecule has 1 aromatic carbocycles. The molecule has 1 fully saturated rings. The highest BCUT2D eigenvalue weighted by Gasteiger charge is 2.32. The van der Waals surface area contributed by atoms with Gasteiger partial charge in [-0.15, -0.1) is 0 Å². The third-order valence-electron chi connectivity index (χ3n) is 5.09. The lowest BCUT2D eigenvalue weighted by atomic mass is 9.70. The summed E-state index contributed by atoms with van der Waals surface area (Å²) in [5.74, 6) is 1.62. The average Bonchev–Trinajstić information content (AvgIpc) is 2.99. The van der Waals surface area contributed by atoms with Gasteiger partial charge in [-0.3, -0.25) is 0 Å². The Balaban J connectivity index is 1.66. The van der Waals surface area contributed by atoms with Gasteiger partial charge in [0.05, 0.1) is 17.3 Å². The zero-order valence-electron chi connectivity index (χ0n) is 15.1. The molecule has 0 radical (unpaired) electrons. The van der Waals surface area contributed by atoms with E-state index in [-0.39, 0.29) is 0 Å². The minimum Gasteiger partial charge on any atom is -0.367 e. The SMILES string of the molecule is C[C@H]1C[C@H](Nc2ncnc3c2cnn3-c2ccccc2)CC(C)(C)C1. The molecule has 130 valence electrons. The number of para-hydroxylation sites is 1. The first-order valence-corrected chi connectivity index (χ1v) is 9.02. The largest absolute Gasteiger partial charge is 0.367 e. The van der Waals surface area contributed by atoms with Crippen molar-refractivity contribution >= 4 is 16.9 Å². The normalized spacial score (nSPS) is 22.8. The van der Waals surface area contributed by atoms with Gasteiger partial charge in [0.1, 0.15) is 12.1 Å². The van der Waals surface area contributed by atoms with Crippen molar-refractivity contribution in [2.24, 2.45) is 11.3 Å². The van der Waals surface area contributed by atoms with Crippen molar-refractivity contribution in [2.75, 3.05) is 5.32 Å². The molecular formula is C20H25N5. The first kappa shape index (κ1) is 16.1. The first-order valence-electron chi connectivity index (χ1n) is 9.02. The van der Waals surface area contributed by atoms with Crippen molar-refractivity contribution in [2.45, 2.75) is 46.1 Å². The summed E-state index contributed by atoms with van der Waals surface area (Å²) < 4.78 is 1.87. The predicted molar refractivity (Wildman–Crippen MR) is 101 cm³/mol. The van der Waals surface area contributed by atoms with Crippen LogP contribution in [0, 0.1) is 11.3 Å². The van der Waals surface area contributed by atoms with Crippen LogP contribution in [0.1, 0.15) is 40.0 Å². The van der Waals surface area contributed by atoms with Gasteiger partial charge in [-0.1, -0.05) is 39.0 Å². The number of benzene rings is 1. The van der Waals surface area contributed by atoms with E-state index in [0.717, 1.165) is 34.9 Å². The Hall–Kier alpha value is -2.43. The Morgan fingerprint density at radius 1 is 1.12 bits per heavy atom. The summed E-state index contributed by atoms with van der Waals surface area (Å²) in [7, 11) is 0. The molecule has 0 bridgehead atoms. The van der Waals surface area contributed by atoms with Gasteiger partial charge in [-0.2, -0.15) is 5.10 Å². The molecule has 1 aliphatic carbocycles. The van der Waals surface area contributed by atoms with Crippen LogP contribution >= 0.6 is 0 Å². The van der Waals surface area contributed by atoms with Gasteiger partial charge < -0.3 is 5.32 Å². The van der Waals surface area contributed by atoms with Crippen LogP contribution in [0.3, 0.4) is 0 Å². The number of nitrogens with zero attached hydrogens (tertiary/aromatic N) is 4. The van der Waals surface area contributed by atoms with Gasteiger partial charge in [0.2, 0.25) is 0 Å². The maximum absolute atomic E-state index is 4.54. The second kappa shape index (κ2) is 6.14. The highest BCUT2D eigenvalue weighted by Crippen LogP contribution is 2.39. The second-order valence-electron chi connectivity index (χ2n) is 8.11. The second-order valence-corrected chi connectivity index (χ2v) is 8.11. The van der Waals surface area contributed by atoms with Crippen molar-refractivity contribution in [1.82, 2.24) is 19.7 Å². The Bertz CT molecular complexity index is 868. The molecule has 2 heterocycles. The van der Waals surface area contributed by atoms with E-state index >= 15 is 0 Å². The molecule has 2 aromatic heterocycles. The summed E-state index contributed by atoms with van der Waals surface area (Å²) >= 11 is 0. The van der Waals surface area contributed by atoms with Crippen molar-refractivity contribution in [3.63, 3.8) is 0 Å². The lowest BCUT2D eigenvalue weighted by Gasteiger charge is -2.39. The molecule has 0 amide bonds. The smallest absolute Gasteiger partial charge is 0.168 e. The van der Waals surface area contributed by atoms with Crippen LogP contribution < -0.4 is 5.32 Å². The summed E-state index contributed by atoms with van der Waals surface area (Å²) in [5, 5.41) is 9.18. The van der Waals surface area contributed by atoms with Crippen LogP contribution in [0.4, 0.5) is 5.82 Å². The van der Waals surface area contributed by atoms with E-state index in [9.17, 15) is 0 Å². The number of hydrogen-bond acceptors (Lipinski definition) is 4. The molecule has 0 aliphatic heterocycles. The molecule has 1 aliphatic rings. The predicted octanol–water partition coefficient (Wildman–Crippen LogP) is 4.44. The van der Waals surface area contributed by atoms with Crippen LogP contribution in [0.2, 0.25) is 0 Å². The van der Waals surface area contributed by atoms with E-state index in [4.69, 9.17) is 0 Å². The molecule has 5 nitrogen and oxygen atoms in total. The Kier molecular flexibility index (Phi) is 3.94. The summed E-state index contributed by atoms with van der Waals surface area (Å²) in [6.45, 7) is 7.07. The summed E-state index contributed by atoms with van der Waals surface area (Å²) in [6.07, 6.45) is 7.12. The van der Waals surface area contributed by atoms with Crippen LogP contribution in [-0.2, 0) is 0 Å². The minimum absolute atomic E-state index is 0.371. The summed E-state index contributed by atoms with van der Waals surface area (Å²) in [5.41, 5.74) is 2.22. The minimum atomic E-state index is 0.371. The van der Waals surface area contributed by atoms with E-state index in [2.05, 4.69) is 41.2 Å². The Labute approximate surface area is 148 Å². The maximum atomic E-state index is 4.54. The Morgan fingerprint density at radius 2 is 1.92 bits per heavy atom. The van der Waals surface area contributed by atoms with E-state index in [1.165, 1.54) is 12.8 Å². The van der Waals surface area contributed by atoms with E-state index in [0.29, 0.717) is 11.5 Å². The molecule has 25 heavy (non-hydrogen) atoms. The standard InChI is InChI=1S/C20H25N5/c1-14-9-15(11-20(2,3)10-14)24-18-17-12-23-25(19(17)22-13-21-18)16-7-5-4-6-8-16/h4-8,12-15H,9-11H2,1-3H3,(H,21,22,24)/t14-,15-/m0/s1. The van der Waals surface area contributed by atoms with Crippen LogP contribution in [-0.4, -0.2) is 25.8 Å². The maximum Gasteiger partial charge on any atom is 0.168 e. The van der Waals surface area contributed by atoms with Crippen LogP contribution in [0.15, 0.2) is 42.9 Å². The fourth-order valence-corrected chi connectivity index (χ4v) is 4.37. The van der Waals surface area contributed by atoms with Crippen molar-refractivity contribution < 1.29 is 0 Å². The molecule has 1 saturated carbocycles. The van der Waals surface area contributed by atoms with Gasteiger partial charge in [0.15, 0.2) is 5.65 Å². The number of fused-ring (bicyclic) bond motifs is 1. The van der Waals surface area contributed by atoms with E-state index < -0.39 is 0 Å². The summed E-state index contributed by atoms with van der Waals surface area (Å²) in [6, 6.07) is 10.5. The molecule has 0 saturated heterocycles. The number of hydrogen-bond donors (Lipinski definition) is 1. The van der Waals surface area contributed by atoms with Crippen molar-refractivity contribution in [3.05, 3.63) is 42.9 Å². The molecular weight excluding hydrogens is 310 g/mol. The van der Waals surface area contributed by atoms with Crippen LogP contribution in [0.5, 0.6) is 0 Å². The highest BCUT2D eigenvalue weighted by molar-refractivity contribution is 5.87. The molecule has 3 aromatic rings. The van der Waals surface area contributed by atoms with Crippen molar-refractivity contribution in [3.8, 4) is 5.69 Å². The van der Waals surface area contributed by atoms with Gasteiger partial charge in [0.25, 0.3) is 0 Å². The fourth-order valence-electron chi connectivity index (χ4n) is 4.37. The molecule has 2 atom stereocenters. The van der Waals surface area contributed by atoms with Gasteiger partial charge >= 0.3 is 0 Å². The molecule has 1 N–H and O–H groups in total. The summed E-state index contributed by atoms with van der Waals surface area (Å²) in [4.78, 5) is 8.97. The number of nitrogens with one attached hydrogen (secondary N) is 1. The average molecular weight is 335 g/mol. The third kappa shape index (κ3) is 3.23. The number of aromatic nitrogens is 4. The zero-order valence-corrected chi connectivity index (χ0v) is 15.1. The van der Waals surface area contributed by atoms with Crippen LogP contribution in [0.25, 0.3) is 16.7 Å². The van der Waals surface area contributed by atoms with Gasteiger partial charge in [-0.25, -0.2) is 14.6 Å². The molecule has 5 heteroatoms. The van der Waals surface area contributed by atoms with Gasteiger partial charge in [0, 0.05) is 6.04 Å².